The van der Waals surface area contributed by atoms with Gasteiger partial charge in [-0.15, -0.1) is 11.3 Å². The third-order valence-electron chi connectivity index (χ3n) is 1.91. The topological polar surface area (TPSA) is 41.6 Å². The highest BCUT2D eigenvalue weighted by molar-refractivity contribution is 7.71. The summed E-state index contributed by atoms with van der Waals surface area (Å²) >= 11 is 6.86. The molecule has 14 heavy (non-hydrogen) atoms. The van der Waals surface area contributed by atoms with Gasteiger partial charge in [-0.3, -0.25) is 0 Å². The first-order valence-electron chi connectivity index (χ1n) is 4.12. The van der Waals surface area contributed by atoms with Crippen LogP contribution in [-0.4, -0.2) is 9.55 Å². The summed E-state index contributed by atoms with van der Waals surface area (Å²) in [7, 11) is 0. The number of fused-ring (bicyclic) bond motifs is 1. The lowest BCUT2D eigenvalue weighted by molar-refractivity contribution is 0.692. The van der Waals surface area contributed by atoms with E-state index in [1.807, 2.05) is 16.0 Å². The second-order valence-electron chi connectivity index (χ2n) is 2.79. The van der Waals surface area contributed by atoms with Crippen LogP contribution in [0.2, 0.25) is 0 Å². The van der Waals surface area contributed by atoms with Crippen LogP contribution in [0, 0.1) is 16.0 Å². The van der Waals surface area contributed by atoms with Gasteiger partial charge in [0.15, 0.2) is 0 Å². The van der Waals surface area contributed by atoms with E-state index in [9.17, 15) is 0 Å². The van der Waals surface area contributed by atoms with Crippen molar-refractivity contribution in [2.45, 2.75) is 13.0 Å². The van der Waals surface area contributed by atoms with Crippen molar-refractivity contribution in [3.05, 3.63) is 22.4 Å². The first-order chi connectivity index (χ1) is 6.83. The molecule has 0 aliphatic heterocycles. The number of rotatable bonds is 2. The number of aromatic nitrogens is 2. The van der Waals surface area contributed by atoms with E-state index in [2.05, 4.69) is 11.1 Å². The van der Waals surface area contributed by atoms with Crippen LogP contribution in [0.1, 0.15) is 6.42 Å². The van der Waals surface area contributed by atoms with E-state index in [0.29, 0.717) is 13.0 Å². The quantitative estimate of drug-likeness (QED) is 0.732. The number of nitrogens with zero attached hydrogens (tertiary/aromatic N) is 3. The summed E-state index contributed by atoms with van der Waals surface area (Å²) in [5, 5.41) is 11.5. The molecule has 0 aliphatic carbocycles. The monoisotopic (exact) mass is 221 g/mol. The maximum Gasteiger partial charge on any atom is 0.127 e. The van der Waals surface area contributed by atoms with Gasteiger partial charge in [-0.05, 0) is 11.4 Å². The Labute approximate surface area is 90.2 Å². The Balaban J connectivity index is 2.52. The van der Waals surface area contributed by atoms with Gasteiger partial charge in [0, 0.05) is 11.9 Å². The highest BCUT2D eigenvalue weighted by Crippen LogP contribution is 2.18. The number of hydrogen-bond acceptors (Lipinski definition) is 4. The van der Waals surface area contributed by atoms with Crippen LogP contribution < -0.4 is 0 Å². The summed E-state index contributed by atoms with van der Waals surface area (Å²) < 4.78 is 2.61. The Hall–Kier alpha value is -1.25. The number of aryl methyl sites for hydroxylation is 1. The summed E-state index contributed by atoms with van der Waals surface area (Å²) in [5.41, 5.74) is 0. The molecule has 0 radical (unpaired) electrons. The fourth-order valence-electron chi connectivity index (χ4n) is 1.22. The van der Waals surface area contributed by atoms with Crippen LogP contribution in [0.3, 0.4) is 0 Å². The Morgan fingerprint density at radius 2 is 2.50 bits per heavy atom. The summed E-state index contributed by atoms with van der Waals surface area (Å²) in [5.74, 6) is 0. The molecule has 0 N–H and O–H groups in total. The molecular formula is C9H7N3S2. The number of thiophene rings is 1. The van der Waals surface area contributed by atoms with Gasteiger partial charge < -0.3 is 4.57 Å². The molecule has 0 amide bonds. The molecule has 2 rings (SSSR count). The van der Waals surface area contributed by atoms with Crippen LogP contribution in [0.4, 0.5) is 0 Å². The molecule has 0 spiro atoms. The average Bonchev–Trinajstić information content (AvgIpc) is 2.66. The molecule has 5 heteroatoms. The van der Waals surface area contributed by atoms with Crippen LogP contribution in [0.5, 0.6) is 0 Å². The average molecular weight is 221 g/mol. The van der Waals surface area contributed by atoms with Gasteiger partial charge in [-0.2, -0.15) is 5.26 Å². The molecule has 0 aromatic carbocycles. The lowest BCUT2D eigenvalue weighted by Crippen LogP contribution is -2.00. The smallest absolute Gasteiger partial charge is 0.127 e. The van der Waals surface area contributed by atoms with E-state index in [0.717, 1.165) is 14.9 Å². The first-order valence-corrected chi connectivity index (χ1v) is 5.41. The molecule has 0 saturated carbocycles. The molecule has 2 aromatic rings. The van der Waals surface area contributed by atoms with Gasteiger partial charge in [0.25, 0.3) is 0 Å². The van der Waals surface area contributed by atoms with Crippen molar-refractivity contribution in [1.82, 2.24) is 9.55 Å². The molecule has 2 aromatic heterocycles. The van der Waals surface area contributed by atoms with Crippen LogP contribution in [0.25, 0.3) is 10.2 Å². The van der Waals surface area contributed by atoms with Crippen molar-refractivity contribution < 1.29 is 0 Å². The molecule has 0 atom stereocenters. The zero-order chi connectivity index (χ0) is 9.97. The molecule has 70 valence electrons. The largest absolute Gasteiger partial charge is 0.322 e. The molecule has 3 nitrogen and oxygen atoms in total. The maximum atomic E-state index is 8.48. The van der Waals surface area contributed by atoms with Crippen molar-refractivity contribution >= 4 is 33.8 Å². The summed E-state index contributed by atoms with van der Waals surface area (Å²) in [6, 6.07) is 4.06. The Morgan fingerprint density at radius 1 is 1.64 bits per heavy atom. The van der Waals surface area contributed by atoms with Crippen LogP contribution in [0.15, 0.2) is 17.8 Å². The number of hydrogen-bond donors (Lipinski definition) is 0. The molecule has 0 aliphatic rings. The van der Waals surface area contributed by atoms with E-state index < -0.39 is 0 Å². The summed E-state index contributed by atoms with van der Waals surface area (Å²) in [4.78, 5) is 5.22. The normalized spacial score (nSPS) is 10.2. The number of nitriles is 1. The fraction of sp³-hybridized carbons (Fsp3) is 0.222. The molecular weight excluding hydrogens is 214 g/mol. The second-order valence-corrected chi connectivity index (χ2v) is 4.07. The Kier molecular flexibility index (Phi) is 2.57. The van der Waals surface area contributed by atoms with Crippen molar-refractivity contribution in [3.63, 3.8) is 0 Å². The van der Waals surface area contributed by atoms with Crippen molar-refractivity contribution in [2.75, 3.05) is 0 Å². The van der Waals surface area contributed by atoms with Gasteiger partial charge in [-0.25, -0.2) is 4.98 Å². The minimum atomic E-state index is 0.464. The summed E-state index contributed by atoms with van der Waals surface area (Å²) in [6.45, 7) is 0.619. The first kappa shape index (κ1) is 9.31. The van der Waals surface area contributed by atoms with Crippen LogP contribution >= 0.6 is 23.6 Å². The van der Waals surface area contributed by atoms with E-state index in [-0.39, 0.29) is 0 Å². The predicted octanol–water partition coefficient (Wildman–Crippen LogP) is 2.74. The van der Waals surface area contributed by atoms with Gasteiger partial charge >= 0.3 is 0 Å². The lowest BCUT2D eigenvalue weighted by Gasteiger charge is -2.02. The second kappa shape index (κ2) is 3.86. The Morgan fingerprint density at radius 3 is 3.29 bits per heavy atom. The van der Waals surface area contributed by atoms with E-state index in [4.69, 9.17) is 17.5 Å². The van der Waals surface area contributed by atoms with Gasteiger partial charge in [0.1, 0.15) is 9.47 Å². The zero-order valence-corrected chi connectivity index (χ0v) is 8.94. The van der Waals surface area contributed by atoms with Crippen molar-refractivity contribution in [2.24, 2.45) is 0 Å². The predicted molar refractivity (Wildman–Crippen MR) is 58.7 cm³/mol. The van der Waals surface area contributed by atoms with E-state index >= 15 is 0 Å². The highest BCUT2D eigenvalue weighted by Gasteiger charge is 2.00. The van der Waals surface area contributed by atoms with Crippen LogP contribution in [-0.2, 0) is 6.54 Å². The third kappa shape index (κ3) is 1.54. The van der Waals surface area contributed by atoms with Crippen molar-refractivity contribution in [3.8, 4) is 6.07 Å². The van der Waals surface area contributed by atoms with Gasteiger partial charge in [0.05, 0.1) is 18.8 Å². The SMILES string of the molecule is N#CCCn1cnc2sccc2c1=S. The highest BCUT2D eigenvalue weighted by atomic mass is 32.1. The zero-order valence-electron chi connectivity index (χ0n) is 7.30. The molecule has 0 bridgehead atoms. The maximum absolute atomic E-state index is 8.48. The molecule has 0 unspecified atom stereocenters. The Bertz CT molecular complexity index is 547. The van der Waals surface area contributed by atoms with Gasteiger partial charge in [0.2, 0.25) is 0 Å². The molecule has 0 fully saturated rings. The summed E-state index contributed by atoms with van der Waals surface area (Å²) in [6.07, 6.45) is 2.17. The minimum absolute atomic E-state index is 0.464. The minimum Gasteiger partial charge on any atom is -0.322 e. The standard InChI is InChI=1S/C9H7N3S2/c10-3-1-4-12-6-11-8-7(9(12)13)2-5-14-8/h2,5-6H,1,4H2. The van der Waals surface area contributed by atoms with E-state index in [1.54, 1.807) is 17.7 Å². The van der Waals surface area contributed by atoms with Gasteiger partial charge in [-0.1, -0.05) is 12.2 Å². The van der Waals surface area contributed by atoms with Crippen molar-refractivity contribution in [1.29, 1.82) is 5.26 Å². The molecule has 0 saturated heterocycles. The fourth-order valence-corrected chi connectivity index (χ4v) is 2.32. The molecule has 2 heterocycles. The third-order valence-corrected chi connectivity index (χ3v) is 3.19. The van der Waals surface area contributed by atoms with E-state index in [1.165, 1.54) is 0 Å². The lowest BCUT2D eigenvalue weighted by atomic mass is 10.4.